The average molecular weight is 344 g/mol. The molecule has 0 bridgehead atoms. The summed E-state index contributed by atoms with van der Waals surface area (Å²) >= 11 is 0. The van der Waals surface area contributed by atoms with Gasteiger partial charge in [0.15, 0.2) is 0 Å². The molecule has 3 rings (SSSR count). The number of rotatable bonds is 8. The lowest BCUT2D eigenvalue weighted by Gasteiger charge is -2.34. The molecule has 2 aromatic rings. The van der Waals surface area contributed by atoms with Gasteiger partial charge in [0.25, 0.3) is 0 Å². The summed E-state index contributed by atoms with van der Waals surface area (Å²) in [5.41, 5.74) is 0. The summed E-state index contributed by atoms with van der Waals surface area (Å²) in [5, 5.41) is 0. The third kappa shape index (κ3) is 6.03. The van der Waals surface area contributed by atoms with Crippen LogP contribution in [0.4, 0.5) is 4.39 Å². The molecular weight excluding hydrogens is 319 g/mol. The second kappa shape index (κ2) is 9.39. The monoisotopic (exact) mass is 344 g/mol. The van der Waals surface area contributed by atoms with Crippen LogP contribution in [-0.2, 0) is 0 Å². The number of para-hydroxylation sites is 1. The molecule has 1 heterocycles. The minimum Gasteiger partial charge on any atom is -0.492 e. The lowest BCUT2D eigenvalue weighted by molar-refractivity contribution is 0.105. The molecule has 25 heavy (non-hydrogen) atoms. The fourth-order valence-corrected chi connectivity index (χ4v) is 2.87. The third-order valence-electron chi connectivity index (χ3n) is 4.37. The van der Waals surface area contributed by atoms with Crippen molar-refractivity contribution < 1.29 is 13.9 Å². The number of benzene rings is 2. The van der Waals surface area contributed by atoms with E-state index < -0.39 is 0 Å². The van der Waals surface area contributed by atoms with Crippen molar-refractivity contribution in [3.05, 3.63) is 60.4 Å². The Hall–Kier alpha value is -2.11. The van der Waals surface area contributed by atoms with E-state index in [2.05, 4.69) is 9.80 Å². The van der Waals surface area contributed by atoms with E-state index in [1.54, 1.807) is 12.1 Å². The van der Waals surface area contributed by atoms with Crippen molar-refractivity contribution >= 4 is 0 Å². The highest BCUT2D eigenvalue weighted by atomic mass is 19.1. The van der Waals surface area contributed by atoms with E-state index in [4.69, 9.17) is 9.47 Å². The van der Waals surface area contributed by atoms with Crippen LogP contribution in [0, 0.1) is 5.82 Å². The summed E-state index contributed by atoms with van der Waals surface area (Å²) in [6, 6.07) is 16.1. The molecular formula is C20H25FN2O2. The fourth-order valence-electron chi connectivity index (χ4n) is 2.87. The third-order valence-corrected chi connectivity index (χ3v) is 4.37. The first-order valence-corrected chi connectivity index (χ1v) is 8.80. The van der Waals surface area contributed by atoms with Gasteiger partial charge in [-0.2, -0.15) is 0 Å². The van der Waals surface area contributed by atoms with E-state index in [1.165, 1.54) is 12.1 Å². The Bertz CT molecular complexity index is 613. The minimum atomic E-state index is -0.236. The van der Waals surface area contributed by atoms with Crippen LogP contribution < -0.4 is 9.47 Å². The molecule has 4 nitrogen and oxygen atoms in total. The van der Waals surface area contributed by atoms with Crippen molar-refractivity contribution in [2.75, 3.05) is 52.5 Å². The molecule has 1 aliphatic heterocycles. The van der Waals surface area contributed by atoms with Crippen LogP contribution in [-0.4, -0.2) is 62.3 Å². The fraction of sp³-hybridized carbons (Fsp3) is 0.400. The highest BCUT2D eigenvalue weighted by molar-refractivity contribution is 5.22. The Morgan fingerprint density at radius 2 is 1.16 bits per heavy atom. The maximum absolute atomic E-state index is 12.8. The molecule has 1 saturated heterocycles. The summed E-state index contributed by atoms with van der Waals surface area (Å²) in [4.78, 5) is 4.83. The van der Waals surface area contributed by atoms with Crippen LogP contribution in [0.25, 0.3) is 0 Å². The van der Waals surface area contributed by atoms with Crippen LogP contribution in [0.15, 0.2) is 54.6 Å². The predicted molar refractivity (Wildman–Crippen MR) is 96.7 cm³/mol. The summed E-state index contributed by atoms with van der Waals surface area (Å²) in [6.45, 7) is 7.38. The quantitative estimate of drug-likeness (QED) is 0.735. The predicted octanol–water partition coefficient (Wildman–Crippen LogP) is 2.90. The lowest BCUT2D eigenvalue weighted by atomic mass is 10.3. The maximum Gasteiger partial charge on any atom is 0.123 e. The van der Waals surface area contributed by atoms with Gasteiger partial charge in [0.1, 0.15) is 30.5 Å². The molecule has 0 saturated carbocycles. The van der Waals surface area contributed by atoms with Gasteiger partial charge < -0.3 is 9.47 Å². The molecule has 0 amide bonds. The molecule has 0 radical (unpaired) electrons. The molecule has 0 aliphatic carbocycles. The van der Waals surface area contributed by atoms with Gasteiger partial charge in [-0.3, -0.25) is 9.80 Å². The lowest BCUT2D eigenvalue weighted by Crippen LogP contribution is -2.48. The smallest absolute Gasteiger partial charge is 0.123 e. The molecule has 0 N–H and O–H groups in total. The van der Waals surface area contributed by atoms with E-state index in [0.717, 1.165) is 57.4 Å². The normalized spacial score (nSPS) is 15.9. The van der Waals surface area contributed by atoms with Crippen LogP contribution >= 0.6 is 0 Å². The minimum absolute atomic E-state index is 0.236. The van der Waals surface area contributed by atoms with Gasteiger partial charge in [-0.05, 0) is 36.4 Å². The Balaban J connectivity index is 1.27. The SMILES string of the molecule is Fc1ccc(OCCN2CCN(CCOc3ccccc3)CC2)cc1. The first kappa shape index (κ1) is 17.7. The number of nitrogens with zero attached hydrogens (tertiary/aromatic N) is 2. The van der Waals surface area contributed by atoms with Gasteiger partial charge in [-0.1, -0.05) is 18.2 Å². The number of ether oxygens (including phenoxy) is 2. The average Bonchev–Trinajstić information content (AvgIpc) is 2.66. The van der Waals surface area contributed by atoms with Gasteiger partial charge in [-0.15, -0.1) is 0 Å². The molecule has 0 atom stereocenters. The molecule has 2 aromatic carbocycles. The van der Waals surface area contributed by atoms with E-state index >= 15 is 0 Å². The van der Waals surface area contributed by atoms with Crippen molar-refractivity contribution in [2.45, 2.75) is 0 Å². The largest absolute Gasteiger partial charge is 0.492 e. The molecule has 0 unspecified atom stereocenters. The highest BCUT2D eigenvalue weighted by Crippen LogP contribution is 2.11. The molecule has 5 heteroatoms. The molecule has 1 aliphatic rings. The molecule has 0 spiro atoms. The number of halogens is 1. The van der Waals surface area contributed by atoms with Gasteiger partial charge >= 0.3 is 0 Å². The van der Waals surface area contributed by atoms with Gasteiger partial charge in [0.2, 0.25) is 0 Å². The van der Waals surface area contributed by atoms with Crippen molar-refractivity contribution in [2.24, 2.45) is 0 Å². The van der Waals surface area contributed by atoms with Crippen LogP contribution in [0.3, 0.4) is 0 Å². The standard InChI is InChI=1S/C20H25FN2O2/c21-18-6-8-20(9-7-18)25-17-15-23-12-10-22(11-13-23)14-16-24-19-4-2-1-3-5-19/h1-9H,10-17H2. The van der Waals surface area contributed by atoms with E-state index in [-0.39, 0.29) is 5.82 Å². The molecule has 134 valence electrons. The van der Waals surface area contributed by atoms with Crippen molar-refractivity contribution in [3.63, 3.8) is 0 Å². The summed E-state index contributed by atoms with van der Waals surface area (Å²) in [6.07, 6.45) is 0. The topological polar surface area (TPSA) is 24.9 Å². The second-order valence-electron chi connectivity index (χ2n) is 6.15. The maximum atomic E-state index is 12.8. The second-order valence-corrected chi connectivity index (χ2v) is 6.15. The van der Waals surface area contributed by atoms with Crippen LogP contribution in [0.5, 0.6) is 11.5 Å². The van der Waals surface area contributed by atoms with Gasteiger partial charge in [0, 0.05) is 39.3 Å². The van der Waals surface area contributed by atoms with Gasteiger partial charge in [-0.25, -0.2) is 4.39 Å². The van der Waals surface area contributed by atoms with Crippen molar-refractivity contribution in [3.8, 4) is 11.5 Å². The Morgan fingerprint density at radius 1 is 0.680 bits per heavy atom. The number of piperazine rings is 1. The van der Waals surface area contributed by atoms with E-state index in [1.807, 2.05) is 30.3 Å². The Kier molecular flexibility index (Phi) is 6.65. The summed E-state index contributed by atoms with van der Waals surface area (Å²) in [7, 11) is 0. The Morgan fingerprint density at radius 3 is 1.68 bits per heavy atom. The Labute approximate surface area is 148 Å². The van der Waals surface area contributed by atoms with Crippen LogP contribution in [0.1, 0.15) is 0 Å². The highest BCUT2D eigenvalue weighted by Gasteiger charge is 2.16. The molecule has 0 aromatic heterocycles. The van der Waals surface area contributed by atoms with Crippen molar-refractivity contribution in [1.29, 1.82) is 0 Å². The zero-order valence-electron chi connectivity index (χ0n) is 14.4. The summed E-state index contributed by atoms with van der Waals surface area (Å²) in [5.74, 6) is 1.41. The van der Waals surface area contributed by atoms with E-state index in [0.29, 0.717) is 6.61 Å². The number of hydrogen-bond acceptors (Lipinski definition) is 4. The number of hydrogen-bond donors (Lipinski definition) is 0. The molecule has 1 fully saturated rings. The van der Waals surface area contributed by atoms with E-state index in [9.17, 15) is 4.39 Å². The zero-order chi connectivity index (χ0) is 17.3. The zero-order valence-corrected chi connectivity index (χ0v) is 14.4. The van der Waals surface area contributed by atoms with Gasteiger partial charge in [0.05, 0.1) is 0 Å². The van der Waals surface area contributed by atoms with Crippen molar-refractivity contribution in [1.82, 2.24) is 9.80 Å². The first-order chi connectivity index (χ1) is 12.3. The summed E-state index contributed by atoms with van der Waals surface area (Å²) < 4.78 is 24.3. The van der Waals surface area contributed by atoms with Crippen LogP contribution in [0.2, 0.25) is 0 Å². The first-order valence-electron chi connectivity index (χ1n) is 8.80.